The fraction of sp³-hybridized carbons (Fsp3) is 0.417. The Morgan fingerprint density at radius 1 is 1.25 bits per heavy atom. The second-order valence-electron chi connectivity index (χ2n) is 3.65. The van der Waals surface area contributed by atoms with Gasteiger partial charge in [-0.15, -0.1) is 0 Å². The van der Waals surface area contributed by atoms with E-state index in [4.69, 9.17) is 9.47 Å². The number of ether oxygens (including phenoxy) is 2. The average Bonchev–Trinajstić information content (AvgIpc) is 2.29. The summed E-state index contributed by atoms with van der Waals surface area (Å²) in [6.45, 7) is 0. The summed E-state index contributed by atoms with van der Waals surface area (Å²) in [7, 11) is 6.87. The molecule has 0 amide bonds. The molecule has 0 radical (unpaired) electrons. The van der Waals surface area contributed by atoms with Gasteiger partial charge >= 0.3 is 0 Å². The summed E-state index contributed by atoms with van der Waals surface area (Å²) in [6, 6.07) is 5.09. The van der Waals surface area contributed by atoms with E-state index >= 15 is 0 Å². The summed E-state index contributed by atoms with van der Waals surface area (Å²) in [5, 5.41) is 0. The van der Waals surface area contributed by atoms with E-state index in [1.54, 1.807) is 26.4 Å². The average molecular weight is 223 g/mol. The molecule has 0 spiro atoms. The lowest BCUT2D eigenvalue weighted by Gasteiger charge is -2.21. The van der Waals surface area contributed by atoms with Crippen molar-refractivity contribution in [2.75, 3.05) is 28.3 Å². The van der Waals surface area contributed by atoms with E-state index in [1.165, 1.54) is 0 Å². The van der Waals surface area contributed by atoms with E-state index in [1.807, 2.05) is 25.1 Å². The zero-order valence-corrected chi connectivity index (χ0v) is 10.1. The third kappa shape index (κ3) is 2.52. The van der Waals surface area contributed by atoms with Crippen molar-refractivity contribution in [2.24, 2.45) is 0 Å². The minimum atomic E-state index is -0.329. The smallest absolute Gasteiger partial charge is 0.141 e. The monoisotopic (exact) mass is 223 g/mol. The van der Waals surface area contributed by atoms with Gasteiger partial charge < -0.3 is 14.3 Å². The Hall–Kier alpha value is -1.55. The largest absolute Gasteiger partial charge is 0.497 e. The first-order valence-corrected chi connectivity index (χ1v) is 4.97. The topological polar surface area (TPSA) is 38.8 Å². The maximum atomic E-state index is 11.1. The molecule has 1 aromatic carbocycles. The molecule has 4 nitrogen and oxygen atoms in total. The van der Waals surface area contributed by atoms with Crippen LogP contribution in [0.25, 0.3) is 0 Å². The van der Waals surface area contributed by atoms with Crippen LogP contribution in [-0.4, -0.2) is 39.5 Å². The number of rotatable bonds is 5. The fourth-order valence-electron chi connectivity index (χ4n) is 1.54. The summed E-state index contributed by atoms with van der Waals surface area (Å²) < 4.78 is 10.4. The highest BCUT2D eigenvalue weighted by Crippen LogP contribution is 2.30. The Labute approximate surface area is 95.8 Å². The summed E-state index contributed by atoms with van der Waals surface area (Å²) in [5.41, 5.74) is 0.807. The van der Waals surface area contributed by atoms with Crippen molar-refractivity contribution in [1.29, 1.82) is 0 Å². The molecule has 16 heavy (non-hydrogen) atoms. The molecule has 0 fully saturated rings. The van der Waals surface area contributed by atoms with Gasteiger partial charge in [-0.05, 0) is 32.3 Å². The van der Waals surface area contributed by atoms with E-state index in [0.29, 0.717) is 11.5 Å². The van der Waals surface area contributed by atoms with E-state index in [9.17, 15) is 4.79 Å². The SMILES string of the molecule is COc1ccc(OC)c(C(C=O)N(C)C)c1. The lowest BCUT2D eigenvalue weighted by Crippen LogP contribution is -2.21. The molecule has 1 rings (SSSR count). The van der Waals surface area contributed by atoms with Crippen LogP contribution >= 0.6 is 0 Å². The molecule has 1 atom stereocenters. The van der Waals surface area contributed by atoms with Crippen LogP contribution in [0, 0.1) is 0 Å². The van der Waals surface area contributed by atoms with Crippen LogP contribution in [0.5, 0.6) is 11.5 Å². The van der Waals surface area contributed by atoms with Gasteiger partial charge in [0.2, 0.25) is 0 Å². The molecular weight excluding hydrogens is 206 g/mol. The van der Waals surface area contributed by atoms with Crippen molar-refractivity contribution in [1.82, 2.24) is 4.90 Å². The number of nitrogens with zero attached hydrogens (tertiary/aromatic N) is 1. The molecule has 0 saturated heterocycles. The van der Waals surface area contributed by atoms with Crippen LogP contribution in [0.3, 0.4) is 0 Å². The Bertz CT molecular complexity index is 363. The fourth-order valence-corrected chi connectivity index (χ4v) is 1.54. The Morgan fingerprint density at radius 3 is 2.38 bits per heavy atom. The third-order valence-electron chi connectivity index (χ3n) is 2.44. The molecule has 0 aliphatic rings. The molecule has 4 heteroatoms. The standard InChI is InChI=1S/C12H17NO3/c1-13(2)11(8-14)10-7-9(15-3)5-6-12(10)16-4/h5-8,11H,1-4H3. The third-order valence-corrected chi connectivity index (χ3v) is 2.44. The summed E-state index contributed by atoms with van der Waals surface area (Å²) in [4.78, 5) is 12.9. The van der Waals surface area contributed by atoms with E-state index in [0.717, 1.165) is 11.8 Å². The van der Waals surface area contributed by atoms with Crippen LogP contribution in [-0.2, 0) is 4.79 Å². The number of aldehydes is 1. The van der Waals surface area contributed by atoms with Gasteiger partial charge in [0.1, 0.15) is 17.8 Å². The Balaban J connectivity index is 3.21. The minimum Gasteiger partial charge on any atom is -0.497 e. The minimum absolute atomic E-state index is 0.329. The van der Waals surface area contributed by atoms with Gasteiger partial charge in [0, 0.05) is 5.56 Å². The highest BCUT2D eigenvalue weighted by molar-refractivity contribution is 5.64. The molecule has 0 heterocycles. The first-order chi connectivity index (χ1) is 7.63. The van der Waals surface area contributed by atoms with Gasteiger partial charge in [0.05, 0.1) is 20.3 Å². The number of carbonyl (C=O) groups excluding carboxylic acids is 1. The second kappa shape index (κ2) is 5.51. The number of hydrogen-bond acceptors (Lipinski definition) is 4. The van der Waals surface area contributed by atoms with Crippen molar-refractivity contribution in [2.45, 2.75) is 6.04 Å². The van der Waals surface area contributed by atoms with Gasteiger partial charge in [0.25, 0.3) is 0 Å². The molecule has 1 aromatic rings. The van der Waals surface area contributed by atoms with E-state index in [-0.39, 0.29) is 6.04 Å². The first-order valence-electron chi connectivity index (χ1n) is 4.97. The molecule has 88 valence electrons. The van der Waals surface area contributed by atoms with Gasteiger partial charge in [-0.2, -0.15) is 0 Å². The second-order valence-corrected chi connectivity index (χ2v) is 3.65. The highest BCUT2D eigenvalue weighted by atomic mass is 16.5. The quantitative estimate of drug-likeness (QED) is 0.709. The van der Waals surface area contributed by atoms with Crippen LogP contribution in [0.2, 0.25) is 0 Å². The summed E-state index contributed by atoms with van der Waals surface area (Å²) in [5.74, 6) is 1.40. The number of benzene rings is 1. The summed E-state index contributed by atoms with van der Waals surface area (Å²) >= 11 is 0. The zero-order valence-electron chi connectivity index (χ0n) is 10.1. The molecule has 0 aromatic heterocycles. The number of carbonyl (C=O) groups is 1. The molecule has 0 aliphatic heterocycles. The Kier molecular flexibility index (Phi) is 4.31. The predicted molar refractivity (Wildman–Crippen MR) is 62.0 cm³/mol. The highest BCUT2D eigenvalue weighted by Gasteiger charge is 2.18. The lowest BCUT2D eigenvalue weighted by molar-refractivity contribution is -0.111. The molecule has 1 unspecified atom stereocenters. The maximum absolute atomic E-state index is 11.1. The van der Waals surface area contributed by atoms with Crippen LogP contribution < -0.4 is 9.47 Å². The maximum Gasteiger partial charge on any atom is 0.141 e. The van der Waals surface area contributed by atoms with E-state index in [2.05, 4.69) is 0 Å². The lowest BCUT2D eigenvalue weighted by atomic mass is 10.1. The first kappa shape index (κ1) is 12.5. The number of hydrogen-bond donors (Lipinski definition) is 0. The molecule has 0 N–H and O–H groups in total. The molecule has 0 bridgehead atoms. The van der Waals surface area contributed by atoms with E-state index < -0.39 is 0 Å². The molecule has 0 saturated carbocycles. The van der Waals surface area contributed by atoms with Gasteiger partial charge in [-0.25, -0.2) is 0 Å². The van der Waals surface area contributed by atoms with Gasteiger partial charge in [0.15, 0.2) is 0 Å². The van der Waals surface area contributed by atoms with Gasteiger partial charge in [-0.3, -0.25) is 4.90 Å². The molecule has 0 aliphatic carbocycles. The van der Waals surface area contributed by atoms with Crippen LogP contribution in [0.4, 0.5) is 0 Å². The van der Waals surface area contributed by atoms with Crippen LogP contribution in [0.15, 0.2) is 18.2 Å². The summed E-state index contributed by atoms with van der Waals surface area (Å²) in [6.07, 6.45) is 0.886. The normalized spacial score (nSPS) is 12.3. The molecular formula is C12H17NO3. The zero-order chi connectivity index (χ0) is 12.1. The van der Waals surface area contributed by atoms with Crippen molar-refractivity contribution >= 4 is 6.29 Å². The van der Waals surface area contributed by atoms with Crippen molar-refractivity contribution in [3.05, 3.63) is 23.8 Å². The number of likely N-dealkylation sites (N-methyl/N-ethyl adjacent to an activating group) is 1. The van der Waals surface area contributed by atoms with Crippen LogP contribution in [0.1, 0.15) is 11.6 Å². The van der Waals surface area contributed by atoms with Crippen molar-refractivity contribution in [3.63, 3.8) is 0 Å². The predicted octanol–water partition coefficient (Wildman–Crippen LogP) is 1.51. The van der Waals surface area contributed by atoms with Crippen molar-refractivity contribution in [3.8, 4) is 11.5 Å². The Morgan fingerprint density at radius 2 is 1.94 bits per heavy atom. The number of methoxy groups -OCH3 is 2. The van der Waals surface area contributed by atoms with Crippen molar-refractivity contribution < 1.29 is 14.3 Å². The van der Waals surface area contributed by atoms with Gasteiger partial charge in [-0.1, -0.05) is 0 Å².